The van der Waals surface area contributed by atoms with Gasteiger partial charge in [-0.1, -0.05) is 55.7 Å². The molecular formula is C20H32O2STi. The first-order valence-corrected chi connectivity index (χ1v) is 12.0. The molecule has 24 heavy (non-hydrogen) atoms. The molecule has 1 atom stereocenters. The first kappa shape index (κ1) is 21.9. The third kappa shape index (κ3) is 3.81. The molecule has 0 aromatic rings. The molecule has 2 aliphatic rings. The van der Waals surface area contributed by atoms with Gasteiger partial charge in [0.15, 0.2) is 0 Å². The van der Waals surface area contributed by atoms with Gasteiger partial charge in [0, 0.05) is 5.41 Å². The molecule has 2 rings (SSSR count). The number of rotatable bonds is 3. The van der Waals surface area contributed by atoms with Crippen molar-refractivity contribution < 1.29 is 23.4 Å². The van der Waals surface area contributed by atoms with Gasteiger partial charge in [-0.15, -0.1) is 0 Å². The zero-order valence-electron chi connectivity index (χ0n) is 16.7. The van der Waals surface area contributed by atoms with Crippen molar-refractivity contribution in [3.8, 4) is 0 Å². The zero-order chi connectivity index (χ0) is 18.7. The van der Waals surface area contributed by atoms with Crippen molar-refractivity contribution in [3.63, 3.8) is 0 Å². The second-order valence-corrected chi connectivity index (χ2v) is 10.7. The molecule has 2 aliphatic carbocycles. The van der Waals surface area contributed by atoms with Gasteiger partial charge < -0.3 is 0 Å². The molecule has 0 bridgehead atoms. The van der Waals surface area contributed by atoms with Gasteiger partial charge in [0.2, 0.25) is 0 Å². The van der Waals surface area contributed by atoms with E-state index in [4.69, 9.17) is 0 Å². The maximum atomic E-state index is 4.66. The molecule has 4 heteroatoms. The first-order valence-electron chi connectivity index (χ1n) is 8.40. The van der Waals surface area contributed by atoms with E-state index in [0.29, 0.717) is 0 Å². The van der Waals surface area contributed by atoms with E-state index in [1.54, 1.807) is 30.9 Å². The van der Waals surface area contributed by atoms with Crippen LogP contribution in [0.25, 0.3) is 0 Å². The van der Waals surface area contributed by atoms with Crippen molar-refractivity contribution in [1.82, 2.24) is 0 Å². The summed E-state index contributed by atoms with van der Waals surface area (Å²) in [6.07, 6.45) is 7.92. The van der Waals surface area contributed by atoms with E-state index in [1.807, 2.05) is 0 Å². The fourth-order valence-electron chi connectivity index (χ4n) is 3.79. The summed E-state index contributed by atoms with van der Waals surface area (Å²) >= 11 is -1.80. The van der Waals surface area contributed by atoms with Crippen molar-refractivity contribution in [3.05, 3.63) is 46.1 Å². The Bertz CT molecular complexity index is 632. The number of hydrogen-bond acceptors (Lipinski definition) is 3. The Labute approximate surface area is 158 Å². The van der Waals surface area contributed by atoms with Crippen LogP contribution in [0, 0.1) is 10.8 Å². The van der Waals surface area contributed by atoms with Crippen molar-refractivity contribution in [2.24, 2.45) is 10.8 Å². The van der Waals surface area contributed by atoms with Crippen LogP contribution in [0.15, 0.2) is 46.1 Å². The van der Waals surface area contributed by atoms with Gasteiger partial charge in [-0.2, -0.15) is 0 Å². The summed E-state index contributed by atoms with van der Waals surface area (Å²) in [5.74, 6) is 0. The van der Waals surface area contributed by atoms with Crippen LogP contribution in [-0.2, 0) is 23.4 Å². The Morgan fingerprint density at radius 1 is 0.958 bits per heavy atom. The molecule has 0 aliphatic heterocycles. The van der Waals surface area contributed by atoms with Crippen molar-refractivity contribution in [2.75, 3.05) is 14.2 Å². The van der Waals surface area contributed by atoms with Gasteiger partial charge in [0.1, 0.15) is 0 Å². The molecule has 1 unspecified atom stereocenters. The van der Waals surface area contributed by atoms with Crippen LogP contribution in [0.1, 0.15) is 54.9 Å². The molecule has 0 amide bonds. The van der Waals surface area contributed by atoms with E-state index >= 15 is 0 Å². The van der Waals surface area contributed by atoms with E-state index in [0.717, 1.165) is 6.42 Å². The van der Waals surface area contributed by atoms with Gasteiger partial charge >= 0.3 is 47.4 Å². The Morgan fingerprint density at radius 2 is 1.46 bits per heavy atom. The van der Waals surface area contributed by atoms with Gasteiger partial charge in [0.25, 0.3) is 0 Å². The topological polar surface area (TPSA) is 18.5 Å². The number of hydrogen-bond donors (Lipinski definition) is 0. The summed E-state index contributed by atoms with van der Waals surface area (Å²) < 4.78 is 9.32. The normalized spacial score (nSPS) is 25.5. The van der Waals surface area contributed by atoms with Crippen LogP contribution >= 0.6 is 9.70 Å². The van der Waals surface area contributed by atoms with E-state index in [2.05, 4.69) is 83.0 Å². The molecule has 0 fully saturated rings. The molecule has 0 heterocycles. The molecule has 0 spiro atoms. The first-order chi connectivity index (χ1) is 11.0. The summed E-state index contributed by atoms with van der Waals surface area (Å²) in [6.45, 7) is 16.4. The fraction of sp³-hybridized carbons (Fsp3) is 0.600. The zero-order valence-corrected chi connectivity index (χ0v) is 19.0. The van der Waals surface area contributed by atoms with E-state index in [9.17, 15) is 0 Å². The SMILES string of the molecule is CC1=C(C)C(C)(C)C(C)(C2=CC=CC2)C(C)=C1C.C[O][Ti](=[S])[O]C. The third-order valence-electron chi connectivity index (χ3n) is 6.37. The second-order valence-electron chi connectivity index (χ2n) is 7.23. The van der Waals surface area contributed by atoms with E-state index in [-0.39, 0.29) is 10.8 Å². The van der Waals surface area contributed by atoms with Gasteiger partial charge in [-0.05, 0) is 50.7 Å². The molecule has 0 saturated carbocycles. The predicted molar refractivity (Wildman–Crippen MR) is 102 cm³/mol. The Balaban J connectivity index is 0.000000413. The molecular weight excluding hydrogens is 352 g/mol. The van der Waals surface area contributed by atoms with Crippen LogP contribution < -0.4 is 0 Å². The van der Waals surface area contributed by atoms with Crippen LogP contribution in [-0.4, -0.2) is 14.2 Å². The van der Waals surface area contributed by atoms with Crippen LogP contribution in [0.4, 0.5) is 0 Å². The summed E-state index contributed by atoms with van der Waals surface area (Å²) in [4.78, 5) is 0. The van der Waals surface area contributed by atoms with Crippen molar-refractivity contribution in [1.29, 1.82) is 0 Å². The van der Waals surface area contributed by atoms with Crippen LogP contribution in [0.3, 0.4) is 0 Å². The molecule has 0 radical (unpaired) electrons. The predicted octanol–water partition coefficient (Wildman–Crippen LogP) is 6.43. The maximum absolute atomic E-state index is 4.66. The molecule has 0 aromatic carbocycles. The van der Waals surface area contributed by atoms with Gasteiger partial charge in [-0.25, -0.2) is 0 Å². The number of allylic oxidation sites excluding steroid dienone is 8. The summed E-state index contributed by atoms with van der Waals surface area (Å²) in [5, 5.41) is 0. The van der Waals surface area contributed by atoms with Gasteiger partial charge in [-0.3, -0.25) is 0 Å². The standard InChI is InChI=1S/C18H26.2CH3O.S.Ti/c1-12-13(2)15(4)18(7,16-10-8-9-11-16)17(5,6)14(12)3;2*1-2;;/h8-10H,11H2,1-7H3;2*1H3;;/q;2*-1;;+2. The van der Waals surface area contributed by atoms with E-state index < -0.39 is 16.8 Å². The average molecular weight is 384 g/mol. The molecule has 134 valence electrons. The Morgan fingerprint density at radius 3 is 1.83 bits per heavy atom. The summed E-state index contributed by atoms with van der Waals surface area (Å²) in [7, 11) is 7.81. The fourth-order valence-corrected chi connectivity index (χ4v) is 4.05. The monoisotopic (exact) mass is 384 g/mol. The van der Waals surface area contributed by atoms with Crippen molar-refractivity contribution >= 4 is 9.70 Å². The Kier molecular flexibility index (Phi) is 7.71. The summed E-state index contributed by atoms with van der Waals surface area (Å²) in [6, 6.07) is 0. The quantitative estimate of drug-likeness (QED) is 0.522. The molecule has 0 saturated heterocycles. The van der Waals surface area contributed by atoms with Crippen molar-refractivity contribution in [2.45, 2.75) is 54.9 Å². The minimum atomic E-state index is -1.80. The average Bonchev–Trinajstić information content (AvgIpc) is 3.11. The van der Waals surface area contributed by atoms with E-state index in [1.165, 1.54) is 11.1 Å². The third-order valence-corrected chi connectivity index (χ3v) is 8.79. The molecule has 0 N–H and O–H groups in total. The second kappa shape index (κ2) is 8.46. The summed E-state index contributed by atoms with van der Waals surface area (Å²) in [5.41, 5.74) is 7.98. The van der Waals surface area contributed by atoms with Gasteiger partial charge in [0.05, 0.1) is 0 Å². The van der Waals surface area contributed by atoms with Crippen LogP contribution in [0.5, 0.6) is 0 Å². The molecule has 0 aromatic heterocycles. The molecule has 2 nitrogen and oxygen atoms in total. The minimum absolute atomic E-state index is 0.157. The Hall–Kier alpha value is -0.186. The van der Waals surface area contributed by atoms with Crippen LogP contribution in [0.2, 0.25) is 0 Å².